The summed E-state index contributed by atoms with van der Waals surface area (Å²) < 4.78 is 2.21. The molecule has 0 saturated heterocycles. The Balaban J connectivity index is 0.000000457. The highest BCUT2D eigenvalue weighted by atomic mass is 32.1. The lowest BCUT2D eigenvalue weighted by atomic mass is 10.1. The van der Waals surface area contributed by atoms with Crippen LogP contribution in [0.25, 0.3) is 23.1 Å². The molecular formula is C13H16NPS. The Labute approximate surface area is 104 Å². The molecule has 1 unspecified atom stereocenters. The number of nitrogens with zero attached hydrogens (tertiary/aromatic N) is 1. The van der Waals surface area contributed by atoms with Gasteiger partial charge in [-0.25, -0.2) is 0 Å². The van der Waals surface area contributed by atoms with Crippen molar-refractivity contribution in [2.24, 2.45) is 0 Å². The lowest BCUT2D eigenvalue weighted by Gasteiger charge is -1.97. The molecule has 0 fully saturated rings. The van der Waals surface area contributed by atoms with E-state index >= 15 is 0 Å². The lowest BCUT2D eigenvalue weighted by molar-refractivity contribution is 1.09. The summed E-state index contributed by atoms with van der Waals surface area (Å²) in [5.41, 5.74) is 1.30. The second-order valence-electron chi connectivity index (χ2n) is 3.67. The maximum Gasteiger partial charge on any atom is 0.0520 e. The number of benzene rings is 1. The Morgan fingerprint density at radius 1 is 1.12 bits per heavy atom. The van der Waals surface area contributed by atoms with Crippen LogP contribution in [0, 0.1) is 0 Å². The number of thiol groups is 1. The van der Waals surface area contributed by atoms with E-state index in [1.165, 1.54) is 27.9 Å². The van der Waals surface area contributed by atoms with Crippen LogP contribution in [0.1, 0.15) is 12.8 Å². The van der Waals surface area contributed by atoms with Crippen LogP contribution in [0.15, 0.2) is 24.3 Å². The number of para-hydroxylation sites is 1. The van der Waals surface area contributed by atoms with E-state index < -0.39 is 0 Å². The first-order chi connectivity index (χ1) is 7.88. The predicted molar refractivity (Wildman–Crippen MR) is 79.4 cm³/mol. The van der Waals surface area contributed by atoms with Gasteiger partial charge in [0.05, 0.1) is 5.52 Å². The lowest BCUT2D eigenvalue weighted by Crippen LogP contribution is -2.27. The zero-order valence-electron chi connectivity index (χ0n) is 9.35. The Morgan fingerprint density at radius 3 is 2.62 bits per heavy atom. The van der Waals surface area contributed by atoms with E-state index in [0.717, 1.165) is 6.42 Å². The standard InChI is InChI=1S/C12H12NP.CH4S/c14-13-11-7-3-1-5-9(11)10-6-2-4-8-12(10)13;1-2/h1,3,5-8H,2,4,14H2;2H,1H3. The summed E-state index contributed by atoms with van der Waals surface area (Å²) >= 11 is 3.53. The minimum atomic E-state index is 1.16. The van der Waals surface area contributed by atoms with Crippen molar-refractivity contribution < 1.29 is 0 Å². The second-order valence-corrected chi connectivity index (χ2v) is 4.19. The van der Waals surface area contributed by atoms with Gasteiger partial charge in [-0.15, -0.1) is 0 Å². The highest BCUT2D eigenvalue weighted by Crippen LogP contribution is 2.12. The molecule has 0 bridgehead atoms. The van der Waals surface area contributed by atoms with Crippen molar-refractivity contribution in [1.82, 2.24) is 4.34 Å². The average Bonchev–Trinajstić information content (AvgIpc) is 2.67. The summed E-state index contributed by atoms with van der Waals surface area (Å²) in [6, 6.07) is 8.57. The summed E-state index contributed by atoms with van der Waals surface area (Å²) in [4.78, 5) is 0. The fourth-order valence-electron chi connectivity index (χ4n) is 2.18. The molecule has 1 aromatic carbocycles. The molecule has 0 aliphatic heterocycles. The second kappa shape index (κ2) is 5.07. The number of aromatic nitrogens is 1. The van der Waals surface area contributed by atoms with E-state index in [4.69, 9.17) is 0 Å². The van der Waals surface area contributed by atoms with Crippen molar-refractivity contribution in [2.45, 2.75) is 12.8 Å². The Kier molecular flexibility index (Phi) is 3.73. The van der Waals surface area contributed by atoms with Gasteiger partial charge < -0.3 is 4.34 Å². The highest BCUT2D eigenvalue weighted by Gasteiger charge is 2.05. The molecule has 1 aliphatic rings. The van der Waals surface area contributed by atoms with Gasteiger partial charge >= 0.3 is 0 Å². The van der Waals surface area contributed by atoms with Crippen molar-refractivity contribution in [1.29, 1.82) is 0 Å². The Hall–Kier alpha value is -0.720. The fourth-order valence-corrected chi connectivity index (χ4v) is 2.65. The fraction of sp³-hybridized carbons (Fsp3) is 0.231. The van der Waals surface area contributed by atoms with Gasteiger partial charge in [0.2, 0.25) is 0 Å². The third-order valence-electron chi connectivity index (χ3n) is 2.84. The largest absolute Gasteiger partial charge is 0.325 e. The summed E-state index contributed by atoms with van der Waals surface area (Å²) in [7, 11) is 2.80. The van der Waals surface area contributed by atoms with Gasteiger partial charge in [0.15, 0.2) is 0 Å². The van der Waals surface area contributed by atoms with Crippen molar-refractivity contribution >= 4 is 45.1 Å². The van der Waals surface area contributed by atoms with E-state index in [0.29, 0.717) is 0 Å². The van der Waals surface area contributed by atoms with Crippen molar-refractivity contribution in [3.05, 3.63) is 34.8 Å². The van der Waals surface area contributed by atoms with Crippen LogP contribution in [0.2, 0.25) is 0 Å². The van der Waals surface area contributed by atoms with E-state index in [1.54, 1.807) is 6.26 Å². The molecule has 1 heterocycles. The van der Waals surface area contributed by atoms with Crippen LogP contribution in [0.3, 0.4) is 0 Å². The quantitative estimate of drug-likeness (QED) is 0.539. The monoisotopic (exact) mass is 249 g/mol. The van der Waals surface area contributed by atoms with E-state index in [-0.39, 0.29) is 0 Å². The molecule has 0 radical (unpaired) electrons. The van der Waals surface area contributed by atoms with Gasteiger partial charge in [0, 0.05) is 16.0 Å². The van der Waals surface area contributed by atoms with Crippen LogP contribution in [-0.2, 0) is 0 Å². The van der Waals surface area contributed by atoms with Gasteiger partial charge in [0.25, 0.3) is 0 Å². The van der Waals surface area contributed by atoms with Crippen LogP contribution >= 0.6 is 22.0 Å². The number of rotatable bonds is 0. The highest BCUT2D eigenvalue weighted by molar-refractivity contribution is 7.79. The van der Waals surface area contributed by atoms with Crippen molar-refractivity contribution in [3.63, 3.8) is 0 Å². The van der Waals surface area contributed by atoms with Crippen LogP contribution < -0.4 is 10.6 Å². The molecule has 1 aromatic heterocycles. The van der Waals surface area contributed by atoms with Crippen molar-refractivity contribution in [3.8, 4) is 0 Å². The van der Waals surface area contributed by atoms with Gasteiger partial charge in [-0.2, -0.15) is 12.6 Å². The molecule has 0 N–H and O–H groups in total. The first kappa shape index (κ1) is 11.8. The first-order valence-corrected chi connectivity index (χ1v) is 6.78. The minimum absolute atomic E-state index is 1.16. The Bertz CT molecular complexity index is 613. The predicted octanol–water partition coefficient (Wildman–Crippen LogP) is 2.18. The summed E-state index contributed by atoms with van der Waals surface area (Å²) in [6.45, 7) is 0. The van der Waals surface area contributed by atoms with Crippen LogP contribution in [0.5, 0.6) is 0 Å². The molecule has 1 aliphatic carbocycles. The zero-order chi connectivity index (χ0) is 11.5. The molecule has 84 valence electrons. The van der Waals surface area contributed by atoms with Gasteiger partial charge in [0.1, 0.15) is 0 Å². The maximum atomic E-state index is 3.53. The maximum absolute atomic E-state index is 3.53. The van der Waals surface area contributed by atoms with Crippen LogP contribution in [0.4, 0.5) is 0 Å². The average molecular weight is 249 g/mol. The van der Waals surface area contributed by atoms with Gasteiger partial charge in [-0.3, -0.25) is 0 Å². The third-order valence-corrected chi connectivity index (χ3v) is 3.40. The van der Waals surface area contributed by atoms with Gasteiger partial charge in [-0.1, -0.05) is 30.4 Å². The Morgan fingerprint density at radius 2 is 1.81 bits per heavy atom. The SMILES string of the molecule is CS.Pn1c2c(c3ccccc31)=CCCC=2. The molecule has 0 saturated carbocycles. The summed E-state index contributed by atoms with van der Waals surface area (Å²) in [5, 5.41) is 4.12. The minimum Gasteiger partial charge on any atom is -0.325 e. The molecule has 0 amide bonds. The molecular weight excluding hydrogens is 233 g/mol. The molecule has 16 heavy (non-hydrogen) atoms. The van der Waals surface area contributed by atoms with E-state index in [2.05, 4.69) is 62.8 Å². The normalized spacial score (nSPS) is 13.2. The van der Waals surface area contributed by atoms with Crippen molar-refractivity contribution in [2.75, 3.05) is 6.26 Å². The van der Waals surface area contributed by atoms with E-state index in [9.17, 15) is 0 Å². The number of hydrogen-bond acceptors (Lipinski definition) is 1. The molecule has 2 aromatic rings. The first-order valence-electron chi connectivity index (χ1n) is 5.37. The topological polar surface area (TPSA) is 4.93 Å². The molecule has 3 heteroatoms. The molecule has 3 rings (SSSR count). The van der Waals surface area contributed by atoms with Gasteiger partial charge in [-0.05, 0) is 34.6 Å². The summed E-state index contributed by atoms with van der Waals surface area (Å²) in [6.07, 6.45) is 8.70. The smallest absolute Gasteiger partial charge is 0.0520 e. The van der Waals surface area contributed by atoms with Crippen LogP contribution in [-0.4, -0.2) is 10.6 Å². The number of hydrogen-bond donors (Lipinski definition) is 1. The molecule has 1 atom stereocenters. The zero-order valence-corrected chi connectivity index (χ0v) is 11.4. The number of fused-ring (bicyclic) bond motifs is 3. The molecule has 1 nitrogen and oxygen atoms in total. The van der Waals surface area contributed by atoms with E-state index in [1.807, 2.05) is 0 Å². The third kappa shape index (κ3) is 1.81. The summed E-state index contributed by atoms with van der Waals surface area (Å²) in [5.74, 6) is 0. The molecule has 0 spiro atoms.